The highest BCUT2D eigenvalue weighted by molar-refractivity contribution is 5.78. The lowest BCUT2D eigenvalue weighted by Crippen LogP contribution is -2.38. The Morgan fingerprint density at radius 2 is 2.06 bits per heavy atom. The third-order valence-electron chi connectivity index (χ3n) is 6.17. The summed E-state index contributed by atoms with van der Waals surface area (Å²) in [7, 11) is 0. The number of likely N-dealkylation sites (tertiary alicyclic amines) is 1. The molecular weight excluding hydrogens is 407 g/mol. The predicted octanol–water partition coefficient (Wildman–Crippen LogP) is 3.69. The molecule has 1 aromatic carbocycles. The highest BCUT2D eigenvalue weighted by atomic mass is 19.4. The van der Waals surface area contributed by atoms with Crippen LogP contribution in [0.4, 0.5) is 19.0 Å². The summed E-state index contributed by atoms with van der Waals surface area (Å²) < 4.78 is 41.8. The van der Waals surface area contributed by atoms with Crippen LogP contribution in [0.5, 0.6) is 0 Å². The van der Waals surface area contributed by atoms with Gasteiger partial charge in [0.2, 0.25) is 5.91 Å². The van der Waals surface area contributed by atoms with Gasteiger partial charge >= 0.3 is 6.18 Å². The Hall–Kier alpha value is -2.55. The van der Waals surface area contributed by atoms with Crippen molar-refractivity contribution in [1.82, 2.24) is 20.0 Å². The molecule has 1 amide bonds. The maximum atomic E-state index is 13.6. The SMILES string of the molecule is CC[C@@H]1C[C@H](C(F)(F)F)n2nc(C3CCN(CC(=O)NCc4ccccc4)C3)cc2N1. The van der Waals surface area contributed by atoms with E-state index in [0.717, 1.165) is 23.2 Å². The van der Waals surface area contributed by atoms with Crippen molar-refractivity contribution in [3.63, 3.8) is 0 Å². The molecule has 1 unspecified atom stereocenters. The summed E-state index contributed by atoms with van der Waals surface area (Å²) in [5, 5.41) is 10.5. The Kier molecular flexibility index (Phi) is 6.22. The third-order valence-corrected chi connectivity index (χ3v) is 6.17. The van der Waals surface area contributed by atoms with Crippen LogP contribution in [-0.4, -0.2) is 52.4 Å². The topological polar surface area (TPSA) is 62.2 Å². The van der Waals surface area contributed by atoms with Gasteiger partial charge in [-0.25, -0.2) is 4.68 Å². The quantitative estimate of drug-likeness (QED) is 0.727. The number of nitrogens with one attached hydrogen (secondary N) is 2. The molecule has 0 bridgehead atoms. The van der Waals surface area contributed by atoms with Crippen LogP contribution in [0.25, 0.3) is 0 Å². The summed E-state index contributed by atoms with van der Waals surface area (Å²) in [6, 6.07) is 9.65. The number of halogens is 3. The normalized spacial score (nSPS) is 23.9. The van der Waals surface area contributed by atoms with Crippen molar-refractivity contribution in [2.45, 2.75) is 56.9 Å². The standard InChI is InChI=1S/C22H28F3N5O/c1-2-17-10-19(22(23,24)25)30-20(27-17)11-18(28-30)16-8-9-29(13-16)14-21(31)26-12-15-6-4-3-5-7-15/h3-7,11,16-17,19,27H,2,8-10,12-14H2,1H3,(H,26,31)/t16?,17-,19-/m1/s1. The van der Waals surface area contributed by atoms with Crippen molar-refractivity contribution in [2.24, 2.45) is 0 Å². The number of hydrogen-bond acceptors (Lipinski definition) is 4. The molecule has 2 aromatic rings. The molecule has 2 aliphatic heterocycles. The van der Waals surface area contributed by atoms with E-state index >= 15 is 0 Å². The Morgan fingerprint density at radius 3 is 2.77 bits per heavy atom. The first-order valence-corrected chi connectivity index (χ1v) is 10.8. The number of aromatic nitrogens is 2. The van der Waals surface area contributed by atoms with Gasteiger partial charge in [-0.2, -0.15) is 18.3 Å². The Labute approximate surface area is 179 Å². The van der Waals surface area contributed by atoms with Gasteiger partial charge in [0.05, 0.1) is 12.2 Å². The zero-order valence-electron chi connectivity index (χ0n) is 17.5. The summed E-state index contributed by atoms with van der Waals surface area (Å²) in [5.74, 6) is 0.406. The second kappa shape index (κ2) is 8.90. The van der Waals surface area contributed by atoms with Crippen LogP contribution in [0.15, 0.2) is 36.4 Å². The van der Waals surface area contributed by atoms with Gasteiger partial charge in [0.15, 0.2) is 6.04 Å². The van der Waals surface area contributed by atoms with Gasteiger partial charge in [0, 0.05) is 31.1 Å². The molecule has 4 rings (SSSR count). The third kappa shape index (κ3) is 5.03. The summed E-state index contributed by atoms with van der Waals surface area (Å²) in [6.07, 6.45) is -2.93. The van der Waals surface area contributed by atoms with Crippen molar-refractivity contribution in [2.75, 3.05) is 25.0 Å². The minimum Gasteiger partial charge on any atom is -0.367 e. The average molecular weight is 435 g/mol. The van der Waals surface area contributed by atoms with Gasteiger partial charge < -0.3 is 10.6 Å². The second-order valence-electron chi connectivity index (χ2n) is 8.42. The molecule has 1 saturated heterocycles. The van der Waals surface area contributed by atoms with Crippen LogP contribution in [-0.2, 0) is 11.3 Å². The van der Waals surface area contributed by atoms with Gasteiger partial charge in [-0.1, -0.05) is 37.3 Å². The summed E-state index contributed by atoms with van der Waals surface area (Å²) in [6.45, 7) is 3.98. The first kappa shape index (κ1) is 21.7. The molecule has 0 saturated carbocycles. The summed E-state index contributed by atoms with van der Waals surface area (Å²) >= 11 is 0. The Balaban J connectivity index is 1.36. The Morgan fingerprint density at radius 1 is 1.29 bits per heavy atom. The molecule has 31 heavy (non-hydrogen) atoms. The molecule has 0 radical (unpaired) electrons. The first-order valence-electron chi connectivity index (χ1n) is 10.8. The fraction of sp³-hybridized carbons (Fsp3) is 0.545. The van der Waals surface area contributed by atoms with Crippen LogP contribution in [0.1, 0.15) is 49.4 Å². The second-order valence-corrected chi connectivity index (χ2v) is 8.42. The largest absolute Gasteiger partial charge is 0.410 e. The lowest BCUT2D eigenvalue weighted by Gasteiger charge is -2.32. The number of carbonyl (C=O) groups is 1. The number of carbonyl (C=O) groups excluding carboxylic acids is 1. The molecule has 0 aliphatic carbocycles. The lowest BCUT2D eigenvalue weighted by atomic mass is 10.0. The molecule has 1 aromatic heterocycles. The van der Waals surface area contributed by atoms with Crippen LogP contribution in [0, 0.1) is 0 Å². The van der Waals surface area contributed by atoms with Gasteiger partial charge in [0.25, 0.3) is 0 Å². The zero-order chi connectivity index (χ0) is 22.0. The Bertz CT molecular complexity index is 898. The minimum absolute atomic E-state index is 0.00744. The number of hydrogen-bond donors (Lipinski definition) is 2. The fourth-order valence-corrected chi connectivity index (χ4v) is 4.41. The van der Waals surface area contributed by atoms with E-state index in [0.29, 0.717) is 31.0 Å². The van der Waals surface area contributed by atoms with Crippen molar-refractivity contribution >= 4 is 11.7 Å². The van der Waals surface area contributed by atoms with Crippen molar-refractivity contribution in [3.05, 3.63) is 47.7 Å². The van der Waals surface area contributed by atoms with Gasteiger partial charge in [-0.15, -0.1) is 0 Å². The predicted molar refractivity (Wildman–Crippen MR) is 112 cm³/mol. The van der Waals surface area contributed by atoms with Gasteiger partial charge in [-0.05, 0) is 31.4 Å². The summed E-state index contributed by atoms with van der Waals surface area (Å²) in [4.78, 5) is 14.3. The zero-order valence-corrected chi connectivity index (χ0v) is 17.5. The fourth-order valence-electron chi connectivity index (χ4n) is 4.41. The maximum absolute atomic E-state index is 13.6. The number of amides is 1. The van der Waals surface area contributed by atoms with E-state index in [1.165, 1.54) is 0 Å². The molecule has 2 aliphatic rings. The molecule has 9 heteroatoms. The van der Waals surface area contributed by atoms with Crippen molar-refractivity contribution < 1.29 is 18.0 Å². The lowest BCUT2D eigenvalue weighted by molar-refractivity contribution is -0.173. The number of rotatable bonds is 6. The molecule has 3 atom stereocenters. The van der Waals surface area contributed by atoms with Gasteiger partial charge in [-0.3, -0.25) is 9.69 Å². The van der Waals surface area contributed by atoms with Crippen LogP contribution in [0.3, 0.4) is 0 Å². The van der Waals surface area contributed by atoms with E-state index in [1.807, 2.05) is 42.2 Å². The maximum Gasteiger partial charge on any atom is 0.410 e. The highest BCUT2D eigenvalue weighted by Crippen LogP contribution is 2.41. The average Bonchev–Trinajstić information content (AvgIpc) is 3.38. The first-order chi connectivity index (χ1) is 14.8. The monoisotopic (exact) mass is 435 g/mol. The van der Waals surface area contributed by atoms with E-state index in [2.05, 4.69) is 15.7 Å². The highest BCUT2D eigenvalue weighted by Gasteiger charge is 2.46. The van der Waals surface area contributed by atoms with Crippen LogP contribution >= 0.6 is 0 Å². The number of fused-ring (bicyclic) bond motifs is 1. The van der Waals surface area contributed by atoms with E-state index < -0.39 is 12.2 Å². The van der Waals surface area contributed by atoms with E-state index in [4.69, 9.17) is 0 Å². The molecule has 6 nitrogen and oxygen atoms in total. The molecule has 168 valence electrons. The molecule has 1 fully saturated rings. The molecular formula is C22H28F3N5O. The van der Waals surface area contributed by atoms with Crippen molar-refractivity contribution in [1.29, 1.82) is 0 Å². The number of benzene rings is 1. The smallest absolute Gasteiger partial charge is 0.367 e. The number of alkyl halides is 3. The molecule has 0 spiro atoms. The number of nitrogens with zero attached hydrogens (tertiary/aromatic N) is 3. The minimum atomic E-state index is -4.33. The van der Waals surface area contributed by atoms with E-state index in [9.17, 15) is 18.0 Å². The van der Waals surface area contributed by atoms with Crippen molar-refractivity contribution in [3.8, 4) is 0 Å². The molecule has 2 N–H and O–H groups in total. The van der Waals surface area contributed by atoms with E-state index in [-0.39, 0.29) is 30.8 Å². The van der Waals surface area contributed by atoms with E-state index in [1.54, 1.807) is 6.07 Å². The van der Waals surface area contributed by atoms with Crippen LogP contribution in [0.2, 0.25) is 0 Å². The summed E-state index contributed by atoms with van der Waals surface area (Å²) in [5.41, 5.74) is 1.71. The number of anilines is 1. The van der Waals surface area contributed by atoms with Gasteiger partial charge in [0.1, 0.15) is 5.82 Å². The van der Waals surface area contributed by atoms with Crippen LogP contribution < -0.4 is 10.6 Å². The molecule has 3 heterocycles.